The van der Waals surface area contributed by atoms with Crippen molar-refractivity contribution < 1.29 is 15.0 Å². The summed E-state index contributed by atoms with van der Waals surface area (Å²) >= 11 is 0. The largest absolute Gasteiger partial charge is 0.503 e. The van der Waals surface area contributed by atoms with Crippen molar-refractivity contribution >= 4 is 12.0 Å². The van der Waals surface area contributed by atoms with Crippen molar-refractivity contribution in [3.63, 3.8) is 0 Å². The van der Waals surface area contributed by atoms with E-state index in [9.17, 15) is 0 Å². The van der Waals surface area contributed by atoms with E-state index in [0.29, 0.717) is 0 Å². The molecule has 0 aliphatic rings. The first-order valence-corrected chi connectivity index (χ1v) is 3.54. The molecule has 0 aliphatic carbocycles. The van der Waals surface area contributed by atoms with Gasteiger partial charge in [-0.05, 0) is 12.1 Å². The molecular weight excluding hydrogens is 172 g/mol. The maximum Gasteiger partial charge on any atom is 0.503 e. The van der Waals surface area contributed by atoms with Gasteiger partial charge in [0.2, 0.25) is 0 Å². The van der Waals surface area contributed by atoms with Gasteiger partial charge in [-0.2, -0.15) is 0 Å². The Labute approximate surface area is 76.3 Å². The standard InChI is InChI=1S/C7H10N2.CH2O3/c1-9(2)7-5-3-4-6-8-7;2-1(3)4/h3-6H,1-2H3;(H2,2,3,4). The summed E-state index contributed by atoms with van der Waals surface area (Å²) in [7, 11) is 3.95. The average molecular weight is 184 g/mol. The fraction of sp³-hybridized carbons (Fsp3) is 0.250. The summed E-state index contributed by atoms with van der Waals surface area (Å²) in [6.07, 6.45) is -0.0463. The Morgan fingerprint density at radius 3 is 2.15 bits per heavy atom. The van der Waals surface area contributed by atoms with Crippen molar-refractivity contribution in [1.82, 2.24) is 4.98 Å². The fourth-order valence-electron chi connectivity index (χ4n) is 0.618. The van der Waals surface area contributed by atoms with Crippen molar-refractivity contribution in [2.24, 2.45) is 0 Å². The summed E-state index contributed by atoms with van der Waals surface area (Å²) in [5, 5.41) is 13.9. The third kappa shape index (κ3) is 6.61. The van der Waals surface area contributed by atoms with E-state index in [4.69, 9.17) is 15.0 Å². The van der Waals surface area contributed by atoms with Crippen LogP contribution < -0.4 is 4.90 Å². The molecule has 0 aromatic carbocycles. The molecule has 0 aliphatic heterocycles. The van der Waals surface area contributed by atoms with E-state index in [1.165, 1.54) is 0 Å². The van der Waals surface area contributed by atoms with E-state index in [1.807, 2.05) is 37.2 Å². The first-order valence-electron chi connectivity index (χ1n) is 3.54. The van der Waals surface area contributed by atoms with Gasteiger partial charge in [0, 0.05) is 20.3 Å². The van der Waals surface area contributed by atoms with E-state index in [1.54, 1.807) is 6.20 Å². The molecule has 1 aromatic heterocycles. The highest BCUT2D eigenvalue weighted by atomic mass is 16.6. The number of carboxylic acid groups (broad SMARTS) is 2. The van der Waals surface area contributed by atoms with Gasteiger partial charge in [0.1, 0.15) is 5.82 Å². The zero-order valence-corrected chi connectivity index (χ0v) is 7.51. The van der Waals surface area contributed by atoms with Crippen molar-refractivity contribution in [3.8, 4) is 0 Å². The molecule has 13 heavy (non-hydrogen) atoms. The van der Waals surface area contributed by atoms with Gasteiger partial charge in [-0.1, -0.05) is 6.07 Å². The van der Waals surface area contributed by atoms with E-state index >= 15 is 0 Å². The highest BCUT2D eigenvalue weighted by molar-refractivity contribution is 5.53. The van der Waals surface area contributed by atoms with Crippen LogP contribution in [0.1, 0.15) is 0 Å². The predicted octanol–water partition coefficient (Wildman–Crippen LogP) is 1.37. The van der Waals surface area contributed by atoms with Gasteiger partial charge in [-0.25, -0.2) is 9.78 Å². The molecule has 0 saturated carbocycles. The summed E-state index contributed by atoms with van der Waals surface area (Å²) < 4.78 is 0. The topological polar surface area (TPSA) is 73.7 Å². The molecule has 5 nitrogen and oxygen atoms in total. The number of pyridine rings is 1. The highest BCUT2D eigenvalue weighted by Gasteiger charge is 1.89. The van der Waals surface area contributed by atoms with Gasteiger partial charge in [0.25, 0.3) is 0 Å². The quantitative estimate of drug-likeness (QED) is 0.689. The van der Waals surface area contributed by atoms with Crippen LogP contribution in [-0.4, -0.2) is 35.4 Å². The number of hydrogen-bond donors (Lipinski definition) is 2. The monoisotopic (exact) mass is 184 g/mol. The minimum Gasteiger partial charge on any atom is -0.450 e. The van der Waals surface area contributed by atoms with Crippen LogP contribution in [0.3, 0.4) is 0 Å². The summed E-state index contributed by atoms with van der Waals surface area (Å²) in [6.45, 7) is 0. The first kappa shape index (κ1) is 11.2. The van der Waals surface area contributed by atoms with Crippen LogP contribution in [0.2, 0.25) is 0 Å². The molecule has 0 bridgehead atoms. The SMILES string of the molecule is CN(C)c1ccccn1.O=C(O)O. The Bertz CT molecular complexity index is 245. The van der Waals surface area contributed by atoms with Crippen molar-refractivity contribution in [3.05, 3.63) is 24.4 Å². The van der Waals surface area contributed by atoms with Crippen LogP contribution in [0.5, 0.6) is 0 Å². The van der Waals surface area contributed by atoms with Crippen LogP contribution in [0.25, 0.3) is 0 Å². The fourth-order valence-corrected chi connectivity index (χ4v) is 0.618. The van der Waals surface area contributed by atoms with Crippen LogP contribution in [-0.2, 0) is 0 Å². The second-order valence-corrected chi connectivity index (χ2v) is 2.36. The molecule has 0 amide bonds. The van der Waals surface area contributed by atoms with E-state index in [2.05, 4.69) is 4.98 Å². The number of anilines is 1. The van der Waals surface area contributed by atoms with Gasteiger partial charge in [-0.3, -0.25) is 0 Å². The van der Waals surface area contributed by atoms with Gasteiger partial charge in [0.15, 0.2) is 0 Å². The lowest BCUT2D eigenvalue weighted by Crippen LogP contribution is -2.09. The molecule has 0 radical (unpaired) electrons. The number of rotatable bonds is 1. The first-order chi connectivity index (χ1) is 6.04. The van der Waals surface area contributed by atoms with Crippen LogP contribution in [0.4, 0.5) is 10.6 Å². The summed E-state index contributed by atoms with van der Waals surface area (Å²) in [5.41, 5.74) is 0. The lowest BCUT2D eigenvalue weighted by Gasteiger charge is -2.08. The molecule has 0 saturated heterocycles. The van der Waals surface area contributed by atoms with Gasteiger partial charge in [-0.15, -0.1) is 0 Å². The van der Waals surface area contributed by atoms with Gasteiger partial charge >= 0.3 is 6.16 Å². The highest BCUT2D eigenvalue weighted by Crippen LogP contribution is 2.02. The molecule has 1 heterocycles. The summed E-state index contributed by atoms with van der Waals surface area (Å²) in [5.74, 6) is 0.998. The van der Waals surface area contributed by atoms with E-state index in [-0.39, 0.29) is 0 Å². The second-order valence-electron chi connectivity index (χ2n) is 2.36. The van der Waals surface area contributed by atoms with Gasteiger partial charge < -0.3 is 15.1 Å². The predicted molar refractivity (Wildman–Crippen MR) is 49.2 cm³/mol. The van der Waals surface area contributed by atoms with Crippen LogP contribution >= 0.6 is 0 Å². The maximum atomic E-state index is 8.56. The summed E-state index contributed by atoms with van der Waals surface area (Å²) in [6, 6.07) is 5.86. The molecular formula is C8H12N2O3. The number of nitrogens with zero attached hydrogens (tertiary/aromatic N) is 2. The molecule has 72 valence electrons. The Balaban J connectivity index is 0.000000310. The maximum absolute atomic E-state index is 8.56. The molecule has 0 fully saturated rings. The molecule has 1 rings (SSSR count). The van der Waals surface area contributed by atoms with Crippen molar-refractivity contribution in [2.45, 2.75) is 0 Å². The Morgan fingerprint density at radius 2 is 1.92 bits per heavy atom. The van der Waals surface area contributed by atoms with E-state index in [0.717, 1.165) is 5.82 Å². The van der Waals surface area contributed by atoms with Crippen LogP contribution in [0, 0.1) is 0 Å². The van der Waals surface area contributed by atoms with Crippen LogP contribution in [0.15, 0.2) is 24.4 Å². The minimum atomic E-state index is -1.83. The Hall–Kier alpha value is -1.78. The molecule has 2 N–H and O–H groups in total. The van der Waals surface area contributed by atoms with E-state index < -0.39 is 6.16 Å². The number of hydrogen-bond acceptors (Lipinski definition) is 3. The second kappa shape index (κ2) is 5.82. The molecule has 0 unspecified atom stereocenters. The molecule has 0 atom stereocenters. The normalized spacial score (nSPS) is 8.15. The average Bonchev–Trinajstić information content (AvgIpc) is 2.05. The molecule has 0 spiro atoms. The zero-order chi connectivity index (χ0) is 10.3. The number of aromatic nitrogens is 1. The Morgan fingerprint density at radius 1 is 1.38 bits per heavy atom. The van der Waals surface area contributed by atoms with Crippen molar-refractivity contribution in [2.75, 3.05) is 19.0 Å². The smallest absolute Gasteiger partial charge is 0.450 e. The zero-order valence-electron chi connectivity index (χ0n) is 7.51. The third-order valence-electron chi connectivity index (χ3n) is 1.11. The van der Waals surface area contributed by atoms with Crippen molar-refractivity contribution in [1.29, 1.82) is 0 Å². The Kier molecular flexibility index (Phi) is 5.02. The lowest BCUT2D eigenvalue weighted by molar-refractivity contribution is 0.137. The molecule has 5 heteroatoms. The minimum absolute atomic E-state index is 0.998. The molecule has 1 aromatic rings. The van der Waals surface area contributed by atoms with Gasteiger partial charge in [0.05, 0.1) is 0 Å². The third-order valence-corrected chi connectivity index (χ3v) is 1.11. The lowest BCUT2D eigenvalue weighted by atomic mass is 10.4. The number of carbonyl (C=O) groups is 1. The summed E-state index contributed by atoms with van der Waals surface area (Å²) in [4.78, 5) is 14.6.